The number of rotatable bonds is 9. The number of nitrogens with two attached hydrogens (primary N) is 1. The highest BCUT2D eigenvalue weighted by molar-refractivity contribution is 5.95. The van der Waals surface area contributed by atoms with Crippen molar-refractivity contribution in [1.29, 1.82) is 5.41 Å². The van der Waals surface area contributed by atoms with Crippen LogP contribution in [0.15, 0.2) is 42.5 Å². The van der Waals surface area contributed by atoms with Crippen LogP contribution >= 0.6 is 0 Å². The average Bonchev–Trinajstić information content (AvgIpc) is 3.12. The van der Waals surface area contributed by atoms with Gasteiger partial charge in [-0.15, -0.1) is 0 Å². The molecular weight excluding hydrogens is 398 g/mol. The van der Waals surface area contributed by atoms with Crippen LogP contribution in [-0.4, -0.2) is 44.1 Å². The maximum Gasteiger partial charge on any atom is 0.306 e. The lowest BCUT2D eigenvalue weighted by Crippen LogP contribution is -2.31. The lowest BCUT2D eigenvalue weighted by molar-refractivity contribution is -0.143. The standard InChI is InChI=1S/C23H27N3O5/c1-3-30-20-11-16(14-4-6-15(7-5-14)22(24)25)8-9-19(20)31-13-18-10-17(23(28)26-18)12-21(27)29-2/h4-9,11,17-18H,3,10,12-13H2,1-2H3,(H3,24,25)(H,26,28)/t17-,18-/m0/s1. The van der Waals surface area contributed by atoms with Crippen molar-refractivity contribution in [1.82, 2.24) is 5.32 Å². The summed E-state index contributed by atoms with van der Waals surface area (Å²) >= 11 is 0. The zero-order valence-corrected chi connectivity index (χ0v) is 17.6. The van der Waals surface area contributed by atoms with Gasteiger partial charge in [0.1, 0.15) is 12.4 Å². The number of hydrogen-bond acceptors (Lipinski definition) is 6. The van der Waals surface area contributed by atoms with E-state index in [4.69, 9.17) is 20.6 Å². The van der Waals surface area contributed by atoms with Crippen LogP contribution in [0.2, 0.25) is 0 Å². The first-order chi connectivity index (χ1) is 14.9. The van der Waals surface area contributed by atoms with Gasteiger partial charge in [0.15, 0.2) is 11.5 Å². The van der Waals surface area contributed by atoms with Crippen LogP contribution in [0.1, 0.15) is 25.3 Å². The number of carbonyl (C=O) groups is 2. The van der Waals surface area contributed by atoms with Crippen LogP contribution in [0.3, 0.4) is 0 Å². The number of amides is 1. The topological polar surface area (TPSA) is 124 Å². The smallest absolute Gasteiger partial charge is 0.306 e. The van der Waals surface area contributed by atoms with Crippen molar-refractivity contribution in [2.45, 2.75) is 25.8 Å². The Labute approximate surface area is 181 Å². The van der Waals surface area contributed by atoms with Crippen LogP contribution < -0.4 is 20.5 Å². The first-order valence-corrected chi connectivity index (χ1v) is 10.1. The minimum atomic E-state index is -0.396. The number of amidine groups is 1. The van der Waals surface area contributed by atoms with Crippen molar-refractivity contribution in [3.63, 3.8) is 0 Å². The second-order valence-corrected chi connectivity index (χ2v) is 7.31. The maximum atomic E-state index is 12.1. The summed E-state index contributed by atoms with van der Waals surface area (Å²) in [6.45, 7) is 2.65. The quantitative estimate of drug-likeness (QED) is 0.322. The van der Waals surface area contributed by atoms with E-state index in [1.807, 2.05) is 37.3 Å². The molecule has 0 aromatic heterocycles. The van der Waals surface area contributed by atoms with Crippen LogP contribution in [0.5, 0.6) is 11.5 Å². The summed E-state index contributed by atoms with van der Waals surface area (Å²) in [4.78, 5) is 23.5. The minimum absolute atomic E-state index is 0.0260. The minimum Gasteiger partial charge on any atom is -0.490 e. The van der Waals surface area contributed by atoms with E-state index in [0.717, 1.165) is 11.1 Å². The molecule has 1 heterocycles. The predicted octanol–water partition coefficient (Wildman–Crippen LogP) is 2.48. The van der Waals surface area contributed by atoms with Crippen LogP contribution in [0, 0.1) is 11.3 Å². The molecule has 0 unspecified atom stereocenters. The van der Waals surface area contributed by atoms with Crippen LogP contribution in [0.25, 0.3) is 11.1 Å². The van der Waals surface area contributed by atoms with E-state index in [9.17, 15) is 9.59 Å². The summed E-state index contributed by atoms with van der Waals surface area (Å²) in [5.41, 5.74) is 8.09. The van der Waals surface area contributed by atoms with Gasteiger partial charge in [0.05, 0.1) is 32.1 Å². The van der Waals surface area contributed by atoms with Crippen LogP contribution in [0.4, 0.5) is 0 Å². The number of ether oxygens (including phenoxy) is 3. The first-order valence-electron chi connectivity index (χ1n) is 10.1. The highest BCUT2D eigenvalue weighted by Gasteiger charge is 2.34. The number of benzene rings is 2. The first kappa shape index (κ1) is 22.1. The van der Waals surface area contributed by atoms with Gasteiger partial charge in [-0.3, -0.25) is 15.0 Å². The molecule has 4 N–H and O–H groups in total. The molecule has 1 aliphatic rings. The van der Waals surface area contributed by atoms with E-state index in [1.54, 1.807) is 12.1 Å². The van der Waals surface area contributed by atoms with E-state index >= 15 is 0 Å². The molecule has 1 saturated heterocycles. The summed E-state index contributed by atoms with van der Waals surface area (Å²) in [5.74, 6) is 0.259. The fraction of sp³-hybridized carbons (Fsp3) is 0.348. The Kier molecular flexibility index (Phi) is 7.12. The zero-order chi connectivity index (χ0) is 22.4. The zero-order valence-electron chi connectivity index (χ0n) is 17.6. The van der Waals surface area contributed by atoms with Gasteiger partial charge < -0.3 is 25.3 Å². The SMILES string of the molecule is CCOc1cc(-c2ccc(C(=N)N)cc2)ccc1OC[C@@H]1C[C@@H](CC(=O)OC)C(=O)N1. The summed E-state index contributed by atoms with van der Waals surface area (Å²) in [6, 6.07) is 12.9. The van der Waals surface area contributed by atoms with Gasteiger partial charge >= 0.3 is 5.97 Å². The predicted molar refractivity (Wildman–Crippen MR) is 116 cm³/mol. The third-order valence-electron chi connectivity index (χ3n) is 5.14. The Morgan fingerprint density at radius 3 is 2.48 bits per heavy atom. The Bertz CT molecular complexity index is 958. The summed E-state index contributed by atoms with van der Waals surface area (Å²) < 4.78 is 16.4. The Balaban J connectivity index is 1.68. The molecule has 0 radical (unpaired) electrons. The number of hydrogen-bond donors (Lipinski definition) is 3. The van der Waals surface area contributed by atoms with E-state index in [-0.39, 0.29) is 30.8 Å². The molecule has 1 fully saturated rings. The van der Waals surface area contributed by atoms with Gasteiger partial charge in [0.2, 0.25) is 5.91 Å². The van der Waals surface area contributed by atoms with Gasteiger partial charge in [-0.1, -0.05) is 30.3 Å². The average molecular weight is 425 g/mol. The normalized spacial score (nSPS) is 17.7. The van der Waals surface area contributed by atoms with Gasteiger partial charge in [-0.05, 0) is 36.6 Å². The molecule has 8 heteroatoms. The molecule has 0 aliphatic carbocycles. The lowest BCUT2D eigenvalue weighted by Gasteiger charge is -2.16. The third-order valence-corrected chi connectivity index (χ3v) is 5.14. The van der Waals surface area contributed by atoms with Crippen molar-refractivity contribution >= 4 is 17.7 Å². The van der Waals surface area contributed by atoms with E-state index in [2.05, 4.69) is 10.1 Å². The molecule has 2 atom stereocenters. The van der Waals surface area contributed by atoms with Crippen molar-refractivity contribution in [3.8, 4) is 22.6 Å². The summed E-state index contributed by atoms with van der Waals surface area (Å²) in [5, 5.41) is 10.4. The van der Waals surface area contributed by atoms with Gasteiger partial charge in [-0.25, -0.2) is 0 Å². The summed E-state index contributed by atoms with van der Waals surface area (Å²) in [6.07, 6.45) is 0.582. The number of nitrogen functional groups attached to an aromatic ring is 1. The monoisotopic (exact) mass is 425 g/mol. The molecule has 8 nitrogen and oxygen atoms in total. The highest BCUT2D eigenvalue weighted by atomic mass is 16.5. The van der Waals surface area contributed by atoms with E-state index in [0.29, 0.717) is 30.1 Å². The van der Waals surface area contributed by atoms with Gasteiger partial charge in [0, 0.05) is 5.56 Å². The molecule has 2 aromatic rings. The molecule has 0 saturated carbocycles. The molecule has 31 heavy (non-hydrogen) atoms. The Morgan fingerprint density at radius 2 is 1.84 bits per heavy atom. The Hall–Kier alpha value is -3.55. The van der Waals surface area contributed by atoms with Crippen molar-refractivity contribution in [2.75, 3.05) is 20.3 Å². The molecule has 1 amide bonds. The third kappa shape index (κ3) is 5.53. The molecule has 0 bridgehead atoms. The second kappa shape index (κ2) is 9.97. The molecule has 2 aromatic carbocycles. The lowest BCUT2D eigenvalue weighted by atomic mass is 10.0. The fourth-order valence-corrected chi connectivity index (χ4v) is 3.51. The van der Waals surface area contributed by atoms with E-state index in [1.165, 1.54) is 7.11 Å². The number of methoxy groups -OCH3 is 1. The molecule has 3 rings (SSSR count). The fourth-order valence-electron chi connectivity index (χ4n) is 3.51. The second-order valence-electron chi connectivity index (χ2n) is 7.31. The van der Waals surface area contributed by atoms with Gasteiger partial charge in [0.25, 0.3) is 0 Å². The van der Waals surface area contributed by atoms with Gasteiger partial charge in [-0.2, -0.15) is 0 Å². The number of carbonyl (C=O) groups excluding carboxylic acids is 2. The number of esters is 1. The van der Waals surface area contributed by atoms with Crippen molar-refractivity contribution < 1.29 is 23.8 Å². The van der Waals surface area contributed by atoms with E-state index < -0.39 is 11.9 Å². The maximum absolute atomic E-state index is 12.1. The highest BCUT2D eigenvalue weighted by Crippen LogP contribution is 2.33. The molecule has 1 aliphatic heterocycles. The Morgan fingerprint density at radius 1 is 1.13 bits per heavy atom. The molecular formula is C23H27N3O5. The van der Waals surface area contributed by atoms with Crippen molar-refractivity contribution in [2.24, 2.45) is 11.7 Å². The summed E-state index contributed by atoms with van der Waals surface area (Å²) in [7, 11) is 1.31. The van der Waals surface area contributed by atoms with Crippen molar-refractivity contribution in [3.05, 3.63) is 48.0 Å². The largest absolute Gasteiger partial charge is 0.490 e. The molecule has 164 valence electrons. The number of nitrogens with one attached hydrogen (secondary N) is 2. The molecule has 0 spiro atoms. The van der Waals surface area contributed by atoms with Crippen LogP contribution in [-0.2, 0) is 14.3 Å².